The molecule has 0 saturated carbocycles. The average Bonchev–Trinajstić information content (AvgIpc) is 2.39. The number of hydrogen-bond donors (Lipinski definition) is 0. The summed E-state index contributed by atoms with van der Waals surface area (Å²) in [4.78, 5) is 0. The lowest BCUT2D eigenvalue weighted by Crippen LogP contribution is -2.44. The molecule has 0 aromatic carbocycles. The van der Waals surface area contributed by atoms with Crippen LogP contribution in [0, 0.1) is 0 Å². The summed E-state index contributed by atoms with van der Waals surface area (Å²) >= 11 is 0. The van der Waals surface area contributed by atoms with Crippen molar-refractivity contribution in [1.29, 1.82) is 0 Å². The van der Waals surface area contributed by atoms with Gasteiger partial charge in [0.1, 0.15) is 0 Å². The maximum Gasteiger partial charge on any atom is 0.679 e. The fraction of sp³-hybridized carbons (Fsp3) is 1.00. The molecule has 1 aliphatic heterocycles. The van der Waals surface area contributed by atoms with Crippen molar-refractivity contribution >= 4 is 9.05 Å². The summed E-state index contributed by atoms with van der Waals surface area (Å²) < 4.78 is 21.2. The van der Waals surface area contributed by atoms with E-state index >= 15 is 0 Å². The lowest BCUT2D eigenvalue weighted by Gasteiger charge is -2.19. The third-order valence-corrected chi connectivity index (χ3v) is 3.68. The van der Waals surface area contributed by atoms with Gasteiger partial charge in [-0.25, -0.2) is 0 Å². The highest BCUT2D eigenvalue weighted by Gasteiger charge is 2.48. The van der Waals surface area contributed by atoms with Gasteiger partial charge in [-0.1, -0.05) is 0 Å². The van der Waals surface area contributed by atoms with E-state index in [0.29, 0.717) is 26.4 Å². The van der Waals surface area contributed by atoms with E-state index in [0.717, 1.165) is 0 Å². The Labute approximate surface area is 67.9 Å². The lowest BCUT2D eigenvalue weighted by atomic mass is 10.8. The van der Waals surface area contributed by atoms with Gasteiger partial charge in [0.25, 0.3) is 0 Å². The fourth-order valence-corrected chi connectivity index (χ4v) is 2.81. The van der Waals surface area contributed by atoms with Crippen LogP contribution in [0.2, 0.25) is 0 Å². The SMILES string of the molecule is CCO[Si]1(OCC)OCCO1. The van der Waals surface area contributed by atoms with Crippen molar-refractivity contribution in [3.8, 4) is 0 Å². The van der Waals surface area contributed by atoms with E-state index in [-0.39, 0.29) is 0 Å². The zero-order valence-corrected chi connectivity index (χ0v) is 7.96. The van der Waals surface area contributed by atoms with E-state index in [1.165, 1.54) is 0 Å². The van der Waals surface area contributed by atoms with Crippen LogP contribution in [0.25, 0.3) is 0 Å². The summed E-state index contributed by atoms with van der Waals surface area (Å²) in [6, 6.07) is 0. The summed E-state index contributed by atoms with van der Waals surface area (Å²) in [6.45, 7) is 6.13. The van der Waals surface area contributed by atoms with Crippen LogP contribution in [0.5, 0.6) is 0 Å². The average molecular weight is 178 g/mol. The number of rotatable bonds is 4. The van der Waals surface area contributed by atoms with Crippen LogP contribution in [0.4, 0.5) is 0 Å². The van der Waals surface area contributed by atoms with Gasteiger partial charge in [0.2, 0.25) is 0 Å². The van der Waals surface area contributed by atoms with E-state index in [4.69, 9.17) is 17.7 Å². The molecule has 1 heterocycles. The molecule has 0 aromatic rings. The van der Waals surface area contributed by atoms with E-state index in [9.17, 15) is 0 Å². The second-order valence-electron chi connectivity index (χ2n) is 2.06. The van der Waals surface area contributed by atoms with Gasteiger partial charge in [-0.15, -0.1) is 0 Å². The molecule has 0 amide bonds. The van der Waals surface area contributed by atoms with Crippen LogP contribution in [0.1, 0.15) is 13.8 Å². The first kappa shape index (κ1) is 9.15. The van der Waals surface area contributed by atoms with Crippen LogP contribution < -0.4 is 0 Å². The van der Waals surface area contributed by atoms with Gasteiger partial charge >= 0.3 is 9.05 Å². The van der Waals surface area contributed by atoms with Crippen LogP contribution in [0.3, 0.4) is 0 Å². The summed E-state index contributed by atoms with van der Waals surface area (Å²) in [5.41, 5.74) is 0. The molecule has 0 atom stereocenters. The maximum atomic E-state index is 5.30. The summed E-state index contributed by atoms with van der Waals surface area (Å²) in [6.07, 6.45) is 0. The molecule has 0 spiro atoms. The van der Waals surface area contributed by atoms with Crippen molar-refractivity contribution in [2.75, 3.05) is 26.4 Å². The first-order chi connectivity index (χ1) is 5.33. The predicted octanol–water partition coefficient (Wildman–Crippen LogP) is 0.542. The van der Waals surface area contributed by atoms with Gasteiger partial charge in [-0.3, -0.25) is 0 Å². The van der Waals surface area contributed by atoms with Crippen LogP contribution in [0.15, 0.2) is 0 Å². The van der Waals surface area contributed by atoms with Crippen molar-refractivity contribution < 1.29 is 17.7 Å². The van der Waals surface area contributed by atoms with Crippen molar-refractivity contribution in [1.82, 2.24) is 0 Å². The molecule has 0 unspecified atom stereocenters. The molecule has 1 saturated heterocycles. The van der Waals surface area contributed by atoms with Crippen molar-refractivity contribution in [2.24, 2.45) is 0 Å². The van der Waals surface area contributed by atoms with Crippen LogP contribution in [-0.2, 0) is 17.7 Å². The van der Waals surface area contributed by atoms with E-state index in [1.54, 1.807) is 0 Å². The zero-order chi connectivity index (χ0) is 8.16. The third kappa shape index (κ3) is 2.24. The lowest BCUT2D eigenvalue weighted by molar-refractivity contribution is 0.0293. The van der Waals surface area contributed by atoms with Crippen LogP contribution >= 0.6 is 0 Å². The molecule has 66 valence electrons. The van der Waals surface area contributed by atoms with Crippen molar-refractivity contribution in [3.63, 3.8) is 0 Å². The molecule has 0 radical (unpaired) electrons. The van der Waals surface area contributed by atoms with Gasteiger partial charge < -0.3 is 17.7 Å². The van der Waals surface area contributed by atoms with Gasteiger partial charge in [-0.2, -0.15) is 0 Å². The second kappa shape index (κ2) is 4.17. The molecule has 1 rings (SSSR count). The highest BCUT2D eigenvalue weighted by molar-refractivity contribution is 6.54. The minimum atomic E-state index is -2.63. The van der Waals surface area contributed by atoms with Gasteiger partial charge in [0.05, 0.1) is 13.2 Å². The quantitative estimate of drug-likeness (QED) is 0.589. The van der Waals surface area contributed by atoms with Gasteiger partial charge in [0.15, 0.2) is 0 Å². The Morgan fingerprint density at radius 2 is 1.55 bits per heavy atom. The molecule has 0 aliphatic carbocycles. The molecular weight excluding hydrogens is 164 g/mol. The minimum Gasteiger partial charge on any atom is -0.351 e. The topological polar surface area (TPSA) is 36.9 Å². The maximum absolute atomic E-state index is 5.30. The van der Waals surface area contributed by atoms with E-state index < -0.39 is 9.05 Å². The molecule has 1 fully saturated rings. The Hall–Kier alpha value is 0.0569. The molecule has 1 aliphatic rings. The van der Waals surface area contributed by atoms with Gasteiger partial charge in [-0.05, 0) is 13.8 Å². The molecular formula is C6H14O4Si. The standard InChI is InChI=1S/C6H14O4Si/c1-3-7-11(8-4-2)9-5-6-10-11/h3-6H2,1-2H3. The molecule has 11 heavy (non-hydrogen) atoms. The highest BCUT2D eigenvalue weighted by Crippen LogP contribution is 2.16. The Morgan fingerprint density at radius 1 is 1.09 bits per heavy atom. The molecule has 0 aromatic heterocycles. The summed E-state index contributed by atoms with van der Waals surface area (Å²) in [5.74, 6) is 0. The predicted molar refractivity (Wildman–Crippen MR) is 40.9 cm³/mol. The molecule has 0 bridgehead atoms. The van der Waals surface area contributed by atoms with Gasteiger partial charge in [0, 0.05) is 13.2 Å². The highest BCUT2D eigenvalue weighted by atomic mass is 28.4. The Bertz CT molecular complexity index is 105. The molecule has 5 heteroatoms. The first-order valence-electron chi connectivity index (χ1n) is 3.89. The van der Waals surface area contributed by atoms with Crippen molar-refractivity contribution in [3.05, 3.63) is 0 Å². The normalized spacial score (nSPS) is 22.4. The van der Waals surface area contributed by atoms with Crippen LogP contribution in [-0.4, -0.2) is 35.5 Å². The fourth-order valence-electron chi connectivity index (χ4n) is 0.937. The van der Waals surface area contributed by atoms with E-state index in [1.807, 2.05) is 13.8 Å². The van der Waals surface area contributed by atoms with E-state index in [2.05, 4.69) is 0 Å². The molecule has 0 N–H and O–H groups in total. The monoisotopic (exact) mass is 178 g/mol. The Kier molecular flexibility index (Phi) is 3.47. The minimum absolute atomic E-state index is 0.576. The zero-order valence-electron chi connectivity index (χ0n) is 6.96. The smallest absolute Gasteiger partial charge is 0.351 e. The summed E-state index contributed by atoms with van der Waals surface area (Å²) in [5, 5.41) is 0. The largest absolute Gasteiger partial charge is 0.679 e. The Balaban J connectivity index is 2.40. The number of hydrogen-bond acceptors (Lipinski definition) is 4. The second-order valence-corrected chi connectivity index (χ2v) is 4.22. The van der Waals surface area contributed by atoms with Crippen molar-refractivity contribution in [2.45, 2.75) is 13.8 Å². The first-order valence-corrected chi connectivity index (χ1v) is 5.52. The molecule has 4 nitrogen and oxygen atoms in total. The Morgan fingerprint density at radius 3 is 1.91 bits per heavy atom. The summed E-state index contributed by atoms with van der Waals surface area (Å²) in [7, 11) is -2.63. The third-order valence-electron chi connectivity index (χ3n) is 1.28.